The SMILES string of the molecule is CC(C)CC(C)(C)NC(=O)CCc1ccc2c(c1)C(=O)N(C1CCC(=O)NC1=O)C2. The second-order valence-electron chi connectivity index (χ2n) is 9.42. The smallest absolute Gasteiger partial charge is 0.255 e. The van der Waals surface area contributed by atoms with Gasteiger partial charge in [0.15, 0.2) is 0 Å². The minimum Gasteiger partial charge on any atom is -0.351 e. The van der Waals surface area contributed by atoms with Crippen LogP contribution in [0.5, 0.6) is 0 Å². The molecule has 7 nitrogen and oxygen atoms in total. The zero-order valence-electron chi connectivity index (χ0n) is 18.2. The molecule has 1 unspecified atom stereocenters. The van der Waals surface area contributed by atoms with Crippen LogP contribution in [0.3, 0.4) is 0 Å². The largest absolute Gasteiger partial charge is 0.351 e. The molecule has 0 aliphatic carbocycles. The van der Waals surface area contributed by atoms with Crippen molar-refractivity contribution in [3.63, 3.8) is 0 Å². The Kier molecular flexibility index (Phi) is 6.29. The second kappa shape index (κ2) is 8.58. The summed E-state index contributed by atoms with van der Waals surface area (Å²) < 4.78 is 0. The number of fused-ring (bicyclic) bond motifs is 1. The van der Waals surface area contributed by atoms with Gasteiger partial charge in [0, 0.05) is 30.5 Å². The molecule has 4 amide bonds. The van der Waals surface area contributed by atoms with Gasteiger partial charge in [0.2, 0.25) is 17.7 Å². The summed E-state index contributed by atoms with van der Waals surface area (Å²) in [5, 5.41) is 5.40. The number of carbonyl (C=O) groups is 4. The molecule has 0 bridgehead atoms. The fourth-order valence-electron chi connectivity index (χ4n) is 4.53. The van der Waals surface area contributed by atoms with Crippen molar-refractivity contribution in [2.24, 2.45) is 5.92 Å². The molecule has 2 N–H and O–H groups in total. The number of piperidine rings is 1. The summed E-state index contributed by atoms with van der Waals surface area (Å²) in [6.45, 7) is 8.69. The van der Waals surface area contributed by atoms with Gasteiger partial charge in [0.1, 0.15) is 6.04 Å². The highest BCUT2D eigenvalue weighted by atomic mass is 16.2. The number of carbonyl (C=O) groups excluding carboxylic acids is 4. The number of benzene rings is 1. The number of hydrogen-bond donors (Lipinski definition) is 2. The van der Waals surface area contributed by atoms with Crippen molar-refractivity contribution in [3.8, 4) is 0 Å². The van der Waals surface area contributed by atoms with E-state index in [1.54, 1.807) is 0 Å². The van der Waals surface area contributed by atoms with Crippen molar-refractivity contribution in [2.75, 3.05) is 0 Å². The van der Waals surface area contributed by atoms with Crippen LogP contribution in [0, 0.1) is 5.92 Å². The van der Waals surface area contributed by atoms with E-state index in [4.69, 9.17) is 0 Å². The fourth-order valence-corrected chi connectivity index (χ4v) is 4.53. The highest BCUT2D eigenvalue weighted by molar-refractivity contribution is 6.05. The van der Waals surface area contributed by atoms with E-state index >= 15 is 0 Å². The highest BCUT2D eigenvalue weighted by Gasteiger charge is 2.39. The third-order valence-corrected chi connectivity index (χ3v) is 5.63. The van der Waals surface area contributed by atoms with Gasteiger partial charge in [-0.05, 0) is 56.2 Å². The molecule has 1 fully saturated rings. The van der Waals surface area contributed by atoms with E-state index in [2.05, 4.69) is 24.5 Å². The molecule has 3 rings (SSSR count). The molecule has 30 heavy (non-hydrogen) atoms. The van der Waals surface area contributed by atoms with Gasteiger partial charge in [-0.1, -0.05) is 26.0 Å². The van der Waals surface area contributed by atoms with Gasteiger partial charge < -0.3 is 10.2 Å². The van der Waals surface area contributed by atoms with E-state index in [0.717, 1.165) is 17.5 Å². The lowest BCUT2D eigenvalue weighted by atomic mass is 9.92. The Labute approximate surface area is 177 Å². The Bertz CT molecular complexity index is 875. The maximum atomic E-state index is 12.9. The number of imide groups is 1. The van der Waals surface area contributed by atoms with Crippen LogP contribution in [-0.2, 0) is 27.3 Å². The topological polar surface area (TPSA) is 95.6 Å². The zero-order chi connectivity index (χ0) is 22.1. The average molecular weight is 414 g/mol. The zero-order valence-corrected chi connectivity index (χ0v) is 18.2. The van der Waals surface area contributed by atoms with Gasteiger partial charge in [-0.25, -0.2) is 0 Å². The van der Waals surface area contributed by atoms with Crippen molar-refractivity contribution in [1.29, 1.82) is 0 Å². The summed E-state index contributed by atoms with van der Waals surface area (Å²) in [6.07, 6.45) is 2.39. The third kappa shape index (κ3) is 5.07. The van der Waals surface area contributed by atoms with Gasteiger partial charge in [0.25, 0.3) is 5.91 Å². The number of amides is 4. The predicted octanol–water partition coefficient (Wildman–Crippen LogP) is 2.32. The van der Waals surface area contributed by atoms with Crippen molar-refractivity contribution < 1.29 is 19.2 Å². The molecule has 7 heteroatoms. The van der Waals surface area contributed by atoms with E-state index < -0.39 is 11.9 Å². The Balaban J connectivity index is 1.61. The summed E-state index contributed by atoms with van der Waals surface area (Å²) in [5.41, 5.74) is 2.12. The molecule has 0 saturated carbocycles. The first-order chi connectivity index (χ1) is 14.1. The predicted molar refractivity (Wildman–Crippen MR) is 112 cm³/mol. The quantitative estimate of drug-likeness (QED) is 0.671. The molecule has 2 aliphatic rings. The second-order valence-corrected chi connectivity index (χ2v) is 9.42. The highest BCUT2D eigenvalue weighted by Crippen LogP contribution is 2.28. The Morgan fingerprint density at radius 3 is 2.67 bits per heavy atom. The van der Waals surface area contributed by atoms with Gasteiger partial charge in [-0.15, -0.1) is 0 Å². The molecule has 0 aromatic heterocycles. The van der Waals surface area contributed by atoms with Gasteiger partial charge >= 0.3 is 0 Å². The van der Waals surface area contributed by atoms with Crippen LogP contribution in [0.4, 0.5) is 0 Å². The molecule has 1 atom stereocenters. The lowest BCUT2D eigenvalue weighted by molar-refractivity contribution is -0.137. The fraction of sp³-hybridized carbons (Fsp3) is 0.565. The van der Waals surface area contributed by atoms with Crippen LogP contribution >= 0.6 is 0 Å². The Morgan fingerprint density at radius 2 is 2.00 bits per heavy atom. The summed E-state index contributed by atoms with van der Waals surface area (Å²) in [7, 11) is 0. The monoisotopic (exact) mass is 413 g/mol. The van der Waals surface area contributed by atoms with Crippen LogP contribution in [-0.4, -0.2) is 40.1 Å². The number of rotatable bonds is 7. The van der Waals surface area contributed by atoms with Crippen molar-refractivity contribution >= 4 is 23.6 Å². The summed E-state index contributed by atoms with van der Waals surface area (Å²) >= 11 is 0. The first-order valence-electron chi connectivity index (χ1n) is 10.6. The Morgan fingerprint density at radius 1 is 1.27 bits per heavy atom. The lowest BCUT2D eigenvalue weighted by Crippen LogP contribution is -2.52. The normalized spacial score (nSPS) is 19.2. The summed E-state index contributed by atoms with van der Waals surface area (Å²) in [6, 6.07) is 5.05. The molecular formula is C23H31N3O4. The first kappa shape index (κ1) is 22.0. The molecule has 1 aromatic carbocycles. The Hall–Kier alpha value is -2.70. The maximum absolute atomic E-state index is 12.9. The van der Waals surface area contributed by atoms with E-state index in [9.17, 15) is 19.2 Å². The number of hydrogen-bond acceptors (Lipinski definition) is 4. The standard InChI is InChI=1S/C23H31N3O4/c1-14(2)12-23(3,4)25-20(28)9-6-15-5-7-16-13-26(22(30)17(16)11-15)18-8-10-19(27)24-21(18)29/h5,7,11,14,18H,6,8-10,12-13H2,1-4H3,(H,25,28)(H,24,27,29). The molecule has 2 aliphatic heterocycles. The number of aryl methyl sites for hydroxylation is 1. The van der Waals surface area contributed by atoms with Gasteiger partial charge in [-0.2, -0.15) is 0 Å². The van der Waals surface area contributed by atoms with Gasteiger partial charge in [-0.3, -0.25) is 24.5 Å². The molecule has 162 valence electrons. The molecular weight excluding hydrogens is 382 g/mol. The maximum Gasteiger partial charge on any atom is 0.255 e. The van der Waals surface area contributed by atoms with Crippen LogP contribution < -0.4 is 10.6 Å². The number of nitrogens with one attached hydrogen (secondary N) is 2. The average Bonchev–Trinajstić information content (AvgIpc) is 2.94. The summed E-state index contributed by atoms with van der Waals surface area (Å²) in [5.74, 6) is -0.400. The lowest BCUT2D eigenvalue weighted by Gasteiger charge is -2.29. The van der Waals surface area contributed by atoms with E-state index in [1.165, 1.54) is 4.90 Å². The molecule has 0 spiro atoms. The molecule has 2 heterocycles. The van der Waals surface area contributed by atoms with Gasteiger partial charge in [0.05, 0.1) is 0 Å². The molecule has 1 aromatic rings. The molecule has 0 radical (unpaired) electrons. The van der Waals surface area contributed by atoms with Crippen molar-refractivity contribution in [3.05, 3.63) is 34.9 Å². The van der Waals surface area contributed by atoms with Crippen molar-refractivity contribution in [2.45, 2.75) is 77.9 Å². The van der Waals surface area contributed by atoms with Crippen LogP contribution in [0.25, 0.3) is 0 Å². The van der Waals surface area contributed by atoms with Crippen LogP contribution in [0.1, 0.15) is 74.9 Å². The van der Waals surface area contributed by atoms with Crippen molar-refractivity contribution in [1.82, 2.24) is 15.5 Å². The minimum absolute atomic E-state index is 0.00218. The third-order valence-electron chi connectivity index (χ3n) is 5.63. The number of nitrogens with zero attached hydrogens (tertiary/aromatic N) is 1. The summed E-state index contributed by atoms with van der Waals surface area (Å²) in [4.78, 5) is 50.3. The molecule has 1 saturated heterocycles. The van der Waals surface area contributed by atoms with E-state index in [0.29, 0.717) is 37.3 Å². The van der Waals surface area contributed by atoms with Crippen LogP contribution in [0.2, 0.25) is 0 Å². The minimum atomic E-state index is -0.611. The van der Waals surface area contributed by atoms with Crippen LogP contribution in [0.15, 0.2) is 18.2 Å². The first-order valence-corrected chi connectivity index (χ1v) is 10.6. The van der Waals surface area contributed by atoms with E-state index in [1.807, 2.05) is 32.0 Å². The van der Waals surface area contributed by atoms with E-state index in [-0.39, 0.29) is 29.7 Å².